The van der Waals surface area contributed by atoms with Gasteiger partial charge >= 0.3 is 0 Å². The van der Waals surface area contributed by atoms with Crippen LogP contribution in [0.2, 0.25) is 10.0 Å². The minimum absolute atomic E-state index is 0.0265. The van der Waals surface area contributed by atoms with E-state index in [1.807, 2.05) is 4.57 Å². The van der Waals surface area contributed by atoms with Crippen molar-refractivity contribution in [3.63, 3.8) is 0 Å². The zero-order valence-electron chi connectivity index (χ0n) is 18.9. The number of primary amides is 1. The van der Waals surface area contributed by atoms with Gasteiger partial charge < -0.3 is 21.1 Å². The van der Waals surface area contributed by atoms with E-state index in [1.165, 1.54) is 12.1 Å². The van der Waals surface area contributed by atoms with Gasteiger partial charge in [-0.2, -0.15) is 4.98 Å². The Kier molecular flexibility index (Phi) is 6.95. The van der Waals surface area contributed by atoms with Crippen LogP contribution in [-0.2, 0) is 9.53 Å². The highest BCUT2D eigenvalue weighted by molar-refractivity contribution is 6.43. The van der Waals surface area contributed by atoms with Gasteiger partial charge in [0.1, 0.15) is 11.3 Å². The summed E-state index contributed by atoms with van der Waals surface area (Å²) < 4.78 is 21.3. The van der Waals surface area contributed by atoms with Crippen LogP contribution in [0.3, 0.4) is 0 Å². The van der Waals surface area contributed by atoms with Gasteiger partial charge in [-0.15, -0.1) is 0 Å². The van der Waals surface area contributed by atoms with Gasteiger partial charge in [-0.1, -0.05) is 23.2 Å². The number of imidazole rings is 1. The van der Waals surface area contributed by atoms with E-state index < -0.39 is 5.82 Å². The smallest absolute Gasteiger partial charge is 0.224 e. The van der Waals surface area contributed by atoms with E-state index in [0.29, 0.717) is 54.8 Å². The van der Waals surface area contributed by atoms with E-state index in [9.17, 15) is 9.18 Å². The number of nitrogens with zero attached hydrogens (tertiary/aromatic N) is 4. The van der Waals surface area contributed by atoms with Crippen LogP contribution in [0.5, 0.6) is 0 Å². The Labute approximate surface area is 211 Å². The van der Waals surface area contributed by atoms with Crippen molar-refractivity contribution in [1.29, 1.82) is 0 Å². The zero-order chi connectivity index (χ0) is 24.5. The number of rotatable bonds is 6. The Hall–Kier alpha value is -2.69. The number of carbonyl (C=O) groups is 1. The number of hydrogen-bond donors (Lipinski definition) is 3. The maximum Gasteiger partial charge on any atom is 0.224 e. The third-order valence-electron chi connectivity index (χ3n) is 6.73. The molecule has 3 heterocycles. The van der Waals surface area contributed by atoms with Crippen molar-refractivity contribution in [1.82, 2.24) is 19.5 Å². The fraction of sp³-hybridized carbons (Fsp3) is 0.478. The summed E-state index contributed by atoms with van der Waals surface area (Å²) >= 11 is 12.3. The first kappa shape index (κ1) is 24.0. The lowest BCUT2D eigenvalue weighted by atomic mass is 9.85. The number of hydrogen-bond acceptors (Lipinski definition) is 7. The van der Waals surface area contributed by atoms with Crippen LogP contribution in [0.25, 0.3) is 11.2 Å². The lowest BCUT2D eigenvalue weighted by Crippen LogP contribution is -2.29. The largest absolute Gasteiger partial charge is 0.381 e. The van der Waals surface area contributed by atoms with Crippen LogP contribution in [-0.4, -0.2) is 44.7 Å². The molecule has 186 valence electrons. The number of nitrogens with two attached hydrogens (primary N) is 1. The van der Waals surface area contributed by atoms with Crippen molar-refractivity contribution < 1.29 is 13.9 Å². The van der Waals surface area contributed by atoms with Crippen LogP contribution in [0.1, 0.15) is 44.6 Å². The number of carbonyl (C=O) groups excluding carboxylic acids is 1. The molecular weight excluding hydrogens is 496 g/mol. The number of halogens is 3. The lowest BCUT2D eigenvalue weighted by Gasteiger charge is -2.29. The van der Waals surface area contributed by atoms with E-state index in [0.717, 1.165) is 25.7 Å². The Morgan fingerprint density at radius 3 is 2.54 bits per heavy atom. The second-order valence-corrected chi connectivity index (χ2v) is 9.75. The van der Waals surface area contributed by atoms with E-state index >= 15 is 0 Å². The molecule has 4 N–H and O–H groups in total. The Bertz CT molecular complexity index is 1240. The highest BCUT2D eigenvalue weighted by atomic mass is 35.5. The number of fused-ring (bicyclic) bond motifs is 1. The second-order valence-electron chi connectivity index (χ2n) is 8.99. The molecule has 1 amide bonds. The highest BCUT2D eigenvalue weighted by Gasteiger charge is 2.29. The van der Waals surface area contributed by atoms with Crippen molar-refractivity contribution in [3.8, 4) is 0 Å². The van der Waals surface area contributed by atoms with Crippen LogP contribution in [0.4, 0.5) is 22.0 Å². The molecule has 1 aliphatic carbocycles. The average Bonchev–Trinajstić information content (AvgIpc) is 3.22. The molecule has 0 atom stereocenters. The molecule has 5 rings (SSSR count). The number of anilines is 3. The zero-order valence-corrected chi connectivity index (χ0v) is 20.4. The monoisotopic (exact) mass is 521 g/mol. The summed E-state index contributed by atoms with van der Waals surface area (Å²) in [7, 11) is 0. The van der Waals surface area contributed by atoms with E-state index in [4.69, 9.17) is 43.6 Å². The van der Waals surface area contributed by atoms with Gasteiger partial charge in [0.25, 0.3) is 0 Å². The summed E-state index contributed by atoms with van der Waals surface area (Å²) in [4.78, 5) is 25.7. The topological polar surface area (TPSA) is 120 Å². The summed E-state index contributed by atoms with van der Waals surface area (Å²) in [5.74, 6) is 0.00375. The van der Waals surface area contributed by atoms with Crippen LogP contribution >= 0.6 is 23.2 Å². The average molecular weight is 522 g/mol. The first-order chi connectivity index (χ1) is 16.9. The maximum atomic E-state index is 13.8. The molecule has 1 aliphatic heterocycles. The molecule has 2 aromatic heterocycles. The molecule has 2 aliphatic rings. The summed E-state index contributed by atoms with van der Waals surface area (Å²) in [6.45, 7) is 1.41. The molecule has 3 aromatic rings. The maximum absolute atomic E-state index is 13.8. The summed E-state index contributed by atoms with van der Waals surface area (Å²) in [5, 5.41) is 6.51. The number of ether oxygens (including phenoxy) is 1. The van der Waals surface area contributed by atoms with Gasteiger partial charge in [0.2, 0.25) is 17.8 Å². The number of aromatic nitrogens is 4. The van der Waals surface area contributed by atoms with Crippen molar-refractivity contribution in [2.24, 2.45) is 11.7 Å². The predicted molar refractivity (Wildman–Crippen MR) is 133 cm³/mol. The van der Waals surface area contributed by atoms with Gasteiger partial charge in [-0.3, -0.25) is 9.36 Å². The van der Waals surface area contributed by atoms with Crippen molar-refractivity contribution >= 4 is 57.9 Å². The van der Waals surface area contributed by atoms with E-state index in [1.54, 1.807) is 6.20 Å². The van der Waals surface area contributed by atoms with Gasteiger partial charge in [0, 0.05) is 31.2 Å². The number of amides is 1. The molecular formula is C23H26Cl2FN7O2. The normalized spacial score (nSPS) is 21.2. The minimum Gasteiger partial charge on any atom is -0.381 e. The third-order valence-corrected chi connectivity index (χ3v) is 7.59. The second kappa shape index (κ2) is 10.1. The molecule has 1 saturated carbocycles. The number of benzene rings is 1. The van der Waals surface area contributed by atoms with Gasteiger partial charge in [-0.25, -0.2) is 14.4 Å². The van der Waals surface area contributed by atoms with Crippen LogP contribution < -0.4 is 16.4 Å². The minimum atomic E-state index is -0.602. The van der Waals surface area contributed by atoms with Crippen LogP contribution in [0, 0.1) is 11.7 Å². The molecule has 2 fully saturated rings. The molecule has 1 saturated heterocycles. The Morgan fingerprint density at radius 2 is 1.83 bits per heavy atom. The fourth-order valence-corrected chi connectivity index (χ4v) is 5.15. The quantitative estimate of drug-likeness (QED) is 0.397. The molecule has 0 bridgehead atoms. The first-order valence-electron chi connectivity index (χ1n) is 11.7. The van der Waals surface area contributed by atoms with E-state index in [-0.39, 0.29) is 34.0 Å². The molecule has 9 nitrogen and oxygen atoms in total. The predicted octanol–water partition coefficient (Wildman–Crippen LogP) is 4.82. The molecule has 12 heteroatoms. The van der Waals surface area contributed by atoms with Crippen molar-refractivity contribution in [2.45, 2.75) is 50.6 Å². The molecule has 1 aromatic carbocycles. The van der Waals surface area contributed by atoms with E-state index in [2.05, 4.69) is 15.6 Å². The summed E-state index contributed by atoms with van der Waals surface area (Å²) in [6, 6.07) is 3.03. The molecule has 35 heavy (non-hydrogen) atoms. The SMILES string of the molecule is NC(=O)[C@H]1CC[C@H](n2c(Nc3ccc(F)c(Cl)c3Cl)nc3cnc(NC4CCOCC4)nc32)CC1. The lowest BCUT2D eigenvalue weighted by molar-refractivity contribution is -0.122. The number of nitrogens with one attached hydrogen (secondary N) is 2. The molecule has 0 spiro atoms. The van der Waals surface area contributed by atoms with Gasteiger partial charge in [0.05, 0.1) is 21.9 Å². The fourth-order valence-electron chi connectivity index (χ4n) is 4.78. The van der Waals surface area contributed by atoms with Crippen LogP contribution in [0.15, 0.2) is 18.3 Å². The highest BCUT2D eigenvalue weighted by Crippen LogP contribution is 2.39. The third kappa shape index (κ3) is 5.00. The Morgan fingerprint density at radius 1 is 1.09 bits per heavy atom. The summed E-state index contributed by atoms with van der Waals surface area (Å²) in [5.41, 5.74) is 7.22. The first-order valence-corrected chi connectivity index (χ1v) is 12.5. The standard InChI is InChI=1S/C23H26Cl2FN7O2/c24-18-15(26)5-6-16(19(18)25)30-23-31-17-11-28-22(29-13-7-9-35-10-8-13)32-21(17)33(23)14-3-1-12(2-4-14)20(27)34/h5-6,11-14H,1-4,7-10H2,(H2,27,34)(H,30,31)(H,28,29,32)/t12-,14-. The van der Waals surface area contributed by atoms with Gasteiger partial charge in [-0.05, 0) is 50.7 Å². The molecule has 0 radical (unpaired) electrons. The van der Waals surface area contributed by atoms with Crippen molar-refractivity contribution in [2.75, 3.05) is 23.8 Å². The Balaban J connectivity index is 1.51. The van der Waals surface area contributed by atoms with Gasteiger partial charge in [0.15, 0.2) is 5.65 Å². The van der Waals surface area contributed by atoms with Crippen molar-refractivity contribution in [3.05, 3.63) is 34.2 Å². The summed E-state index contributed by atoms with van der Waals surface area (Å²) in [6.07, 6.45) is 6.28. The molecule has 0 unspecified atom stereocenters.